The molecule has 0 radical (unpaired) electrons. The van der Waals surface area contributed by atoms with Gasteiger partial charge in [0.05, 0.1) is 0 Å². The van der Waals surface area contributed by atoms with Crippen molar-refractivity contribution in [1.82, 2.24) is 10.2 Å². The molecule has 0 saturated carbocycles. The van der Waals surface area contributed by atoms with Crippen LogP contribution >= 0.6 is 0 Å². The number of likely N-dealkylation sites (tertiary alicyclic amines) is 1. The number of aliphatic hydroxyl groups is 1. The quantitative estimate of drug-likeness (QED) is 0.595. The van der Waals surface area contributed by atoms with E-state index in [4.69, 9.17) is 5.11 Å². The van der Waals surface area contributed by atoms with E-state index in [1.807, 2.05) is 0 Å². The Morgan fingerprint density at radius 3 is 2.83 bits per heavy atom. The summed E-state index contributed by atoms with van der Waals surface area (Å²) in [6, 6.07) is 0.763. The predicted octanol–water partition coefficient (Wildman–Crippen LogP) is -0.337. The zero-order valence-corrected chi connectivity index (χ0v) is 7.50. The van der Waals surface area contributed by atoms with Crippen molar-refractivity contribution in [1.29, 1.82) is 0 Å². The van der Waals surface area contributed by atoms with Gasteiger partial charge in [-0.05, 0) is 25.3 Å². The Balaban J connectivity index is 1.81. The van der Waals surface area contributed by atoms with Gasteiger partial charge in [-0.1, -0.05) is 0 Å². The van der Waals surface area contributed by atoms with Crippen molar-refractivity contribution in [3.05, 3.63) is 0 Å². The third kappa shape index (κ3) is 1.63. The molecule has 0 aromatic heterocycles. The molecule has 2 N–H and O–H groups in total. The van der Waals surface area contributed by atoms with E-state index in [1.54, 1.807) is 0 Å². The van der Waals surface area contributed by atoms with Crippen LogP contribution in [0.1, 0.15) is 12.8 Å². The van der Waals surface area contributed by atoms with Gasteiger partial charge in [-0.15, -0.1) is 0 Å². The molecule has 0 aromatic carbocycles. The molecule has 1 unspecified atom stereocenters. The summed E-state index contributed by atoms with van der Waals surface area (Å²) in [6.07, 6.45) is 2.48. The smallest absolute Gasteiger partial charge is 0.0471 e. The molecule has 2 rings (SSSR count). The third-order valence-electron chi connectivity index (χ3n) is 3.08. The summed E-state index contributed by atoms with van der Waals surface area (Å²) in [5.74, 6) is 0.541. The molecule has 0 bridgehead atoms. The van der Waals surface area contributed by atoms with Crippen LogP contribution in [0.25, 0.3) is 0 Å². The highest BCUT2D eigenvalue weighted by Gasteiger charge is 2.28. The summed E-state index contributed by atoms with van der Waals surface area (Å²) in [5.41, 5.74) is 0. The Kier molecular flexibility index (Phi) is 2.63. The molecule has 0 aromatic rings. The Hall–Kier alpha value is -0.120. The van der Waals surface area contributed by atoms with Gasteiger partial charge in [-0.25, -0.2) is 0 Å². The summed E-state index contributed by atoms with van der Waals surface area (Å²) in [6.45, 7) is 5.03. The standard InChI is InChI=1S/C9H18N2O/c12-7-8-2-1-3-11(6-8)9-4-10-5-9/h8-10,12H,1-7H2. The lowest BCUT2D eigenvalue weighted by atomic mass is 9.96. The Bertz CT molecular complexity index is 147. The fourth-order valence-corrected chi connectivity index (χ4v) is 2.11. The van der Waals surface area contributed by atoms with Crippen LogP contribution in [-0.4, -0.2) is 48.8 Å². The van der Waals surface area contributed by atoms with Crippen molar-refractivity contribution in [3.8, 4) is 0 Å². The van der Waals surface area contributed by atoms with Gasteiger partial charge in [0.25, 0.3) is 0 Å². The van der Waals surface area contributed by atoms with Gasteiger partial charge in [0.1, 0.15) is 0 Å². The van der Waals surface area contributed by atoms with Crippen LogP contribution in [0.2, 0.25) is 0 Å². The molecule has 70 valence electrons. The molecule has 12 heavy (non-hydrogen) atoms. The number of rotatable bonds is 2. The zero-order valence-electron chi connectivity index (χ0n) is 7.50. The van der Waals surface area contributed by atoms with Crippen LogP contribution in [0, 0.1) is 5.92 Å². The third-order valence-corrected chi connectivity index (χ3v) is 3.08. The fraction of sp³-hybridized carbons (Fsp3) is 1.00. The number of hydrogen-bond acceptors (Lipinski definition) is 3. The number of nitrogens with zero attached hydrogens (tertiary/aromatic N) is 1. The topological polar surface area (TPSA) is 35.5 Å². The predicted molar refractivity (Wildman–Crippen MR) is 48.0 cm³/mol. The minimum atomic E-state index is 0.372. The van der Waals surface area contributed by atoms with E-state index in [-0.39, 0.29) is 0 Å². The maximum atomic E-state index is 9.04. The molecule has 2 heterocycles. The zero-order chi connectivity index (χ0) is 8.39. The lowest BCUT2D eigenvalue weighted by Crippen LogP contribution is -2.59. The first-order valence-corrected chi connectivity index (χ1v) is 4.96. The molecule has 3 nitrogen and oxygen atoms in total. The van der Waals surface area contributed by atoms with Crippen molar-refractivity contribution in [3.63, 3.8) is 0 Å². The summed E-state index contributed by atoms with van der Waals surface area (Å²) in [4.78, 5) is 2.53. The van der Waals surface area contributed by atoms with E-state index >= 15 is 0 Å². The van der Waals surface area contributed by atoms with E-state index in [2.05, 4.69) is 10.2 Å². The maximum Gasteiger partial charge on any atom is 0.0471 e. The first kappa shape index (κ1) is 8.48. The first-order chi connectivity index (χ1) is 5.90. The summed E-state index contributed by atoms with van der Waals surface area (Å²) >= 11 is 0. The van der Waals surface area contributed by atoms with Crippen molar-refractivity contribution in [2.45, 2.75) is 18.9 Å². The van der Waals surface area contributed by atoms with Crippen LogP contribution in [0.5, 0.6) is 0 Å². The molecule has 0 aliphatic carbocycles. The molecule has 2 saturated heterocycles. The highest BCUT2D eigenvalue weighted by Crippen LogP contribution is 2.19. The van der Waals surface area contributed by atoms with Crippen LogP contribution in [-0.2, 0) is 0 Å². The highest BCUT2D eigenvalue weighted by molar-refractivity contribution is 4.87. The number of aliphatic hydroxyl groups excluding tert-OH is 1. The van der Waals surface area contributed by atoms with Gasteiger partial charge in [-0.3, -0.25) is 4.90 Å². The van der Waals surface area contributed by atoms with Gasteiger partial charge in [0.15, 0.2) is 0 Å². The van der Waals surface area contributed by atoms with Crippen molar-refractivity contribution in [2.24, 2.45) is 5.92 Å². The molecule has 1 atom stereocenters. The fourth-order valence-electron chi connectivity index (χ4n) is 2.11. The monoisotopic (exact) mass is 170 g/mol. The van der Waals surface area contributed by atoms with Gasteiger partial charge < -0.3 is 10.4 Å². The van der Waals surface area contributed by atoms with E-state index in [0.717, 1.165) is 25.7 Å². The molecule has 2 aliphatic rings. The second kappa shape index (κ2) is 3.73. The molecule has 0 amide bonds. The van der Waals surface area contributed by atoms with E-state index in [0.29, 0.717) is 12.5 Å². The molecule has 0 spiro atoms. The molecule has 2 fully saturated rings. The number of hydrogen-bond donors (Lipinski definition) is 2. The molecule has 3 heteroatoms. The van der Waals surface area contributed by atoms with Crippen molar-refractivity contribution < 1.29 is 5.11 Å². The highest BCUT2D eigenvalue weighted by atomic mass is 16.3. The summed E-state index contributed by atoms with van der Waals surface area (Å²) in [5, 5.41) is 12.3. The average molecular weight is 170 g/mol. The van der Waals surface area contributed by atoms with E-state index in [9.17, 15) is 0 Å². The van der Waals surface area contributed by atoms with E-state index in [1.165, 1.54) is 19.4 Å². The Morgan fingerprint density at radius 2 is 2.25 bits per heavy atom. The van der Waals surface area contributed by atoms with Gasteiger partial charge in [-0.2, -0.15) is 0 Å². The van der Waals surface area contributed by atoms with E-state index < -0.39 is 0 Å². The summed E-state index contributed by atoms with van der Waals surface area (Å²) < 4.78 is 0. The van der Waals surface area contributed by atoms with Crippen LogP contribution in [0.15, 0.2) is 0 Å². The minimum absolute atomic E-state index is 0.372. The second-order valence-electron chi connectivity index (χ2n) is 4.00. The first-order valence-electron chi connectivity index (χ1n) is 4.96. The van der Waals surface area contributed by atoms with Crippen LogP contribution in [0.3, 0.4) is 0 Å². The maximum absolute atomic E-state index is 9.04. The lowest BCUT2D eigenvalue weighted by molar-refractivity contribution is 0.0665. The lowest BCUT2D eigenvalue weighted by Gasteiger charge is -2.42. The van der Waals surface area contributed by atoms with Gasteiger partial charge in [0, 0.05) is 32.3 Å². The van der Waals surface area contributed by atoms with Crippen molar-refractivity contribution >= 4 is 0 Å². The van der Waals surface area contributed by atoms with Crippen LogP contribution in [0.4, 0.5) is 0 Å². The largest absolute Gasteiger partial charge is 0.396 e. The van der Waals surface area contributed by atoms with Crippen LogP contribution < -0.4 is 5.32 Å². The summed E-state index contributed by atoms with van der Waals surface area (Å²) in [7, 11) is 0. The second-order valence-corrected chi connectivity index (χ2v) is 4.00. The van der Waals surface area contributed by atoms with Gasteiger partial charge in [0.2, 0.25) is 0 Å². The van der Waals surface area contributed by atoms with Crippen molar-refractivity contribution in [2.75, 3.05) is 32.8 Å². The normalized spacial score (nSPS) is 33.2. The minimum Gasteiger partial charge on any atom is -0.396 e. The number of piperidine rings is 1. The average Bonchev–Trinajstić information content (AvgIpc) is 2.02. The Labute approximate surface area is 73.8 Å². The SMILES string of the molecule is OCC1CCCN(C2CNC2)C1. The molecular formula is C9H18N2O. The Morgan fingerprint density at radius 1 is 1.42 bits per heavy atom. The molecule has 2 aliphatic heterocycles. The molecular weight excluding hydrogens is 152 g/mol. The number of nitrogens with one attached hydrogen (secondary N) is 1. The van der Waals surface area contributed by atoms with Gasteiger partial charge >= 0.3 is 0 Å².